The first-order valence-electron chi connectivity index (χ1n) is 8.29. The van der Waals surface area contributed by atoms with Gasteiger partial charge in [-0.05, 0) is 24.0 Å². The average Bonchev–Trinajstić information content (AvgIpc) is 3.01. The van der Waals surface area contributed by atoms with E-state index >= 15 is 0 Å². The molecule has 0 aliphatic rings. The number of amides is 1. The lowest BCUT2D eigenvalue weighted by Gasteiger charge is -2.21. The van der Waals surface area contributed by atoms with E-state index in [9.17, 15) is 4.79 Å². The Balaban J connectivity index is 2.23. The van der Waals surface area contributed by atoms with E-state index in [0.717, 1.165) is 12.0 Å². The van der Waals surface area contributed by atoms with Crippen molar-refractivity contribution in [1.29, 1.82) is 0 Å². The fourth-order valence-corrected chi connectivity index (χ4v) is 2.58. The summed E-state index contributed by atoms with van der Waals surface area (Å²) >= 11 is 6.01. The third-order valence-electron chi connectivity index (χ3n) is 3.91. The van der Waals surface area contributed by atoms with Crippen molar-refractivity contribution < 1.29 is 9.32 Å². The second-order valence-corrected chi connectivity index (χ2v) is 6.93. The Labute approximate surface area is 147 Å². The Morgan fingerprint density at radius 2 is 2.08 bits per heavy atom. The lowest BCUT2D eigenvalue weighted by Crippen LogP contribution is -2.33. The molecule has 6 heteroatoms. The van der Waals surface area contributed by atoms with Gasteiger partial charge in [-0.1, -0.05) is 63.0 Å². The summed E-state index contributed by atoms with van der Waals surface area (Å²) in [5, 5.41) is 7.68. The summed E-state index contributed by atoms with van der Waals surface area (Å²) in [6.45, 7) is 8.16. The first kappa shape index (κ1) is 18.5. The number of rotatable bonds is 7. The van der Waals surface area contributed by atoms with E-state index in [2.05, 4.69) is 29.3 Å². The van der Waals surface area contributed by atoms with Gasteiger partial charge in [-0.25, -0.2) is 0 Å². The highest BCUT2D eigenvalue weighted by atomic mass is 35.5. The van der Waals surface area contributed by atoms with Crippen molar-refractivity contribution in [2.24, 2.45) is 11.8 Å². The summed E-state index contributed by atoms with van der Waals surface area (Å²) < 4.78 is 5.43. The van der Waals surface area contributed by atoms with Crippen LogP contribution >= 0.6 is 11.6 Å². The Bertz CT molecular complexity index is 684. The fourth-order valence-electron chi connectivity index (χ4n) is 2.39. The van der Waals surface area contributed by atoms with Crippen molar-refractivity contribution in [1.82, 2.24) is 15.5 Å². The maximum atomic E-state index is 12.2. The minimum absolute atomic E-state index is 0.00203. The molecule has 0 aliphatic carbocycles. The van der Waals surface area contributed by atoms with Crippen LogP contribution in [-0.2, 0) is 4.79 Å². The Kier molecular flexibility index (Phi) is 6.37. The summed E-state index contributed by atoms with van der Waals surface area (Å²) in [7, 11) is 0. The molecule has 0 bridgehead atoms. The normalized spacial score (nSPS) is 13.8. The van der Waals surface area contributed by atoms with Crippen LogP contribution in [0.5, 0.6) is 0 Å². The molecule has 0 unspecified atom stereocenters. The number of benzene rings is 1. The molecular weight excluding hydrogens is 326 g/mol. The molecule has 0 radical (unpaired) electrons. The molecule has 1 N–H and O–H groups in total. The van der Waals surface area contributed by atoms with Gasteiger partial charge in [0.25, 0.3) is 0 Å². The van der Waals surface area contributed by atoms with Crippen molar-refractivity contribution in [2.45, 2.75) is 46.6 Å². The highest BCUT2D eigenvalue weighted by Gasteiger charge is 2.26. The summed E-state index contributed by atoms with van der Waals surface area (Å²) in [6.07, 6.45) is 1.36. The number of carbonyl (C=O) groups is 1. The average molecular weight is 350 g/mol. The molecule has 1 aromatic heterocycles. The number of aromatic nitrogens is 2. The second kappa shape index (κ2) is 8.29. The molecule has 1 amide bonds. The van der Waals surface area contributed by atoms with E-state index in [0.29, 0.717) is 29.1 Å². The summed E-state index contributed by atoms with van der Waals surface area (Å²) in [5.74, 6) is 1.38. The van der Waals surface area contributed by atoms with Crippen molar-refractivity contribution in [3.8, 4) is 11.4 Å². The van der Waals surface area contributed by atoms with Crippen LogP contribution in [-0.4, -0.2) is 16.0 Å². The van der Waals surface area contributed by atoms with E-state index in [1.807, 2.05) is 26.0 Å². The molecule has 1 aromatic carbocycles. The van der Waals surface area contributed by atoms with E-state index < -0.39 is 0 Å². The largest absolute Gasteiger partial charge is 0.344 e. The molecule has 2 atom stereocenters. The zero-order chi connectivity index (χ0) is 17.7. The van der Waals surface area contributed by atoms with Crippen molar-refractivity contribution in [2.75, 3.05) is 0 Å². The van der Waals surface area contributed by atoms with Crippen molar-refractivity contribution >= 4 is 17.5 Å². The minimum Gasteiger partial charge on any atom is -0.344 e. The van der Waals surface area contributed by atoms with E-state index in [1.165, 1.54) is 0 Å². The third-order valence-corrected chi connectivity index (χ3v) is 4.15. The quantitative estimate of drug-likeness (QED) is 0.790. The molecule has 5 nitrogen and oxygen atoms in total. The molecule has 0 fully saturated rings. The molecule has 130 valence electrons. The van der Waals surface area contributed by atoms with E-state index in [-0.39, 0.29) is 17.9 Å². The smallest absolute Gasteiger partial charge is 0.249 e. The topological polar surface area (TPSA) is 68.0 Å². The molecule has 0 spiro atoms. The van der Waals surface area contributed by atoms with Crippen LogP contribution < -0.4 is 5.32 Å². The first-order chi connectivity index (χ1) is 11.4. The number of nitrogens with one attached hydrogen (secondary N) is 1. The molecule has 24 heavy (non-hydrogen) atoms. The lowest BCUT2D eigenvalue weighted by molar-refractivity contribution is -0.123. The first-order valence-corrected chi connectivity index (χ1v) is 8.67. The third kappa shape index (κ3) is 4.81. The summed E-state index contributed by atoms with van der Waals surface area (Å²) in [6, 6.07) is 6.99. The maximum Gasteiger partial charge on any atom is 0.249 e. The maximum absolute atomic E-state index is 12.2. The van der Waals surface area contributed by atoms with Gasteiger partial charge in [-0.15, -0.1) is 0 Å². The lowest BCUT2D eigenvalue weighted by atomic mass is 9.98. The van der Waals surface area contributed by atoms with Crippen LogP contribution in [0.3, 0.4) is 0 Å². The SMILES string of the molecule is CC[C@@H](C)[C@@H](NC(=O)CC(C)C)c1nc(-c2cccc(Cl)c2)no1. The standard InChI is InChI=1S/C18H24ClN3O2/c1-5-12(4)16(20-15(23)9-11(2)3)18-21-17(22-24-18)13-7-6-8-14(19)10-13/h6-8,10-12,16H,5,9H2,1-4H3,(H,20,23)/t12-,16-/m1/s1. The van der Waals surface area contributed by atoms with Gasteiger partial charge in [0.1, 0.15) is 6.04 Å². The molecule has 0 saturated carbocycles. The zero-order valence-corrected chi connectivity index (χ0v) is 15.3. The van der Waals surface area contributed by atoms with Crippen LogP contribution in [0.25, 0.3) is 11.4 Å². The van der Waals surface area contributed by atoms with Gasteiger partial charge >= 0.3 is 0 Å². The number of hydrogen-bond acceptors (Lipinski definition) is 4. The molecule has 2 aromatic rings. The Hall–Kier alpha value is -1.88. The van der Waals surface area contributed by atoms with Crippen LogP contribution in [0.15, 0.2) is 28.8 Å². The van der Waals surface area contributed by atoms with Crippen LogP contribution in [0.2, 0.25) is 5.02 Å². The summed E-state index contributed by atoms with van der Waals surface area (Å²) in [4.78, 5) is 16.6. The van der Waals surface area contributed by atoms with Crippen LogP contribution in [0, 0.1) is 11.8 Å². The molecule has 0 saturated heterocycles. The second-order valence-electron chi connectivity index (χ2n) is 6.50. The zero-order valence-electron chi connectivity index (χ0n) is 14.5. The van der Waals surface area contributed by atoms with Crippen LogP contribution in [0.4, 0.5) is 0 Å². The van der Waals surface area contributed by atoms with Gasteiger partial charge in [0.15, 0.2) is 0 Å². The van der Waals surface area contributed by atoms with E-state index in [1.54, 1.807) is 12.1 Å². The van der Waals surface area contributed by atoms with Crippen molar-refractivity contribution in [3.05, 3.63) is 35.2 Å². The van der Waals surface area contributed by atoms with Gasteiger partial charge in [0, 0.05) is 17.0 Å². The summed E-state index contributed by atoms with van der Waals surface area (Å²) in [5.41, 5.74) is 0.786. The van der Waals surface area contributed by atoms with Gasteiger partial charge in [0.05, 0.1) is 0 Å². The van der Waals surface area contributed by atoms with E-state index in [4.69, 9.17) is 16.1 Å². The molecule has 1 heterocycles. The monoisotopic (exact) mass is 349 g/mol. The minimum atomic E-state index is -0.290. The van der Waals surface area contributed by atoms with Crippen LogP contribution in [0.1, 0.15) is 52.5 Å². The number of hydrogen-bond donors (Lipinski definition) is 1. The predicted molar refractivity (Wildman–Crippen MR) is 94.5 cm³/mol. The van der Waals surface area contributed by atoms with Gasteiger partial charge < -0.3 is 9.84 Å². The number of halogens is 1. The van der Waals surface area contributed by atoms with Gasteiger partial charge in [-0.3, -0.25) is 4.79 Å². The highest BCUT2D eigenvalue weighted by Crippen LogP contribution is 2.26. The van der Waals surface area contributed by atoms with Gasteiger partial charge in [0.2, 0.25) is 17.6 Å². The number of nitrogens with zero attached hydrogens (tertiary/aromatic N) is 2. The molecule has 2 rings (SSSR count). The Morgan fingerprint density at radius 3 is 2.71 bits per heavy atom. The molecular formula is C18H24ClN3O2. The molecule has 0 aliphatic heterocycles. The highest BCUT2D eigenvalue weighted by molar-refractivity contribution is 6.30. The van der Waals surface area contributed by atoms with Gasteiger partial charge in [-0.2, -0.15) is 4.98 Å². The predicted octanol–water partition coefficient (Wildman–Crippen LogP) is 4.64. The van der Waals surface area contributed by atoms with Crippen molar-refractivity contribution in [3.63, 3.8) is 0 Å². The Morgan fingerprint density at radius 1 is 1.33 bits per heavy atom. The fraction of sp³-hybridized carbons (Fsp3) is 0.500. The number of carbonyl (C=O) groups excluding carboxylic acids is 1.